The number of hydrogen-bond donors (Lipinski definition) is 2. The first-order valence-corrected chi connectivity index (χ1v) is 6.56. The van der Waals surface area contributed by atoms with Crippen LogP contribution in [0.2, 0.25) is 0 Å². The third-order valence-corrected chi connectivity index (χ3v) is 2.49. The second kappa shape index (κ2) is 6.45. The summed E-state index contributed by atoms with van der Waals surface area (Å²) in [6.45, 7) is 10.9. The Labute approximate surface area is 115 Å². The molecule has 1 aromatic carbocycles. The lowest BCUT2D eigenvalue weighted by Gasteiger charge is -2.19. The summed E-state index contributed by atoms with van der Waals surface area (Å²) in [6.07, 6.45) is -0.380. The summed E-state index contributed by atoms with van der Waals surface area (Å²) in [4.78, 5) is 11.4. The molecule has 0 heterocycles. The smallest absolute Gasteiger partial charge is 0.407 e. The minimum atomic E-state index is -0.453. The van der Waals surface area contributed by atoms with E-state index in [1.165, 1.54) is 11.1 Å². The number of nitrogens with one attached hydrogen (secondary N) is 2. The first kappa shape index (κ1) is 15.3. The molecule has 0 aliphatic carbocycles. The third kappa shape index (κ3) is 6.13. The van der Waals surface area contributed by atoms with E-state index >= 15 is 0 Å². The molecule has 1 amide bonds. The molecule has 4 heteroatoms. The molecule has 1 rings (SSSR count). The van der Waals surface area contributed by atoms with Crippen molar-refractivity contribution < 1.29 is 9.53 Å². The lowest BCUT2D eigenvalue weighted by molar-refractivity contribution is 0.0530. The van der Waals surface area contributed by atoms with Gasteiger partial charge in [-0.2, -0.15) is 0 Å². The summed E-state index contributed by atoms with van der Waals surface area (Å²) in [5.41, 5.74) is 3.09. The summed E-state index contributed by atoms with van der Waals surface area (Å²) in [6, 6.07) is 6.25. The third-order valence-electron chi connectivity index (χ3n) is 2.49. The molecule has 0 unspecified atom stereocenters. The maximum atomic E-state index is 11.4. The zero-order valence-corrected chi connectivity index (χ0v) is 12.5. The molecule has 106 valence electrons. The van der Waals surface area contributed by atoms with Crippen molar-refractivity contribution in [3.05, 3.63) is 29.3 Å². The number of carbonyl (C=O) groups is 1. The van der Waals surface area contributed by atoms with E-state index in [1.54, 1.807) is 0 Å². The molecule has 0 atom stereocenters. The van der Waals surface area contributed by atoms with E-state index in [0.717, 1.165) is 5.69 Å². The number of aryl methyl sites for hydroxylation is 2. The number of hydrogen-bond acceptors (Lipinski definition) is 3. The molecule has 0 bridgehead atoms. The fraction of sp³-hybridized carbons (Fsp3) is 0.533. The van der Waals surface area contributed by atoms with Gasteiger partial charge in [0.1, 0.15) is 5.60 Å². The highest BCUT2D eigenvalue weighted by molar-refractivity contribution is 5.67. The van der Waals surface area contributed by atoms with Crippen LogP contribution >= 0.6 is 0 Å². The van der Waals surface area contributed by atoms with E-state index in [4.69, 9.17) is 4.74 Å². The van der Waals surface area contributed by atoms with Crippen LogP contribution < -0.4 is 10.6 Å². The van der Waals surface area contributed by atoms with Crippen LogP contribution in [-0.4, -0.2) is 24.8 Å². The van der Waals surface area contributed by atoms with Gasteiger partial charge in [-0.3, -0.25) is 0 Å². The van der Waals surface area contributed by atoms with Gasteiger partial charge in [0.15, 0.2) is 0 Å². The number of anilines is 1. The van der Waals surface area contributed by atoms with E-state index in [2.05, 4.69) is 42.7 Å². The highest BCUT2D eigenvalue weighted by Gasteiger charge is 2.15. The van der Waals surface area contributed by atoms with Crippen molar-refractivity contribution in [3.63, 3.8) is 0 Å². The highest BCUT2D eigenvalue weighted by atomic mass is 16.6. The first-order valence-electron chi connectivity index (χ1n) is 6.56. The van der Waals surface area contributed by atoms with Crippen molar-refractivity contribution in [1.82, 2.24) is 5.32 Å². The minimum absolute atomic E-state index is 0.380. The van der Waals surface area contributed by atoms with Gasteiger partial charge in [-0.05, 0) is 46.2 Å². The Balaban J connectivity index is 2.29. The van der Waals surface area contributed by atoms with Crippen LogP contribution in [0.1, 0.15) is 31.9 Å². The molecule has 0 aromatic heterocycles. The molecule has 0 aliphatic rings. The van der Waals surface area contributed by atoms with Gasteiger partial charge in [0.25, 0.3) is 0 Å². The fourth-order valence-corrected chi connectivity index (χ4v) is 1.69. The molecule has 19 heavy (non-hydrogen) atoms. The van der Waals surface area contributed by atoms with Crippen LogP contribution in [0.25, 0.3) is 0 Å². The molecular formula is C15H24N2O2. The quantitative estimate of drug-likeness (QED) is 0.821. The topological polar surface area (TPSA) is 50.4 Å². The number of rotatable bonds is 4. The largest absolute Gasteiger partial charge is 0.444 e. The molecule has 0 saturated carbocycles. The first-order chi connectivity index (χ1) is 8.78. The predicted molar refractivity (Wildman–Crippen MR) is 78.6 cm³/mol. The number of amides is 1. The summed E-state index contributed by atoms with van der Waals surface area (Å²) < 4.78 is 5.15. The SMILES string of the molecule is Cc1ccc(NCCNC(=O)OC(C)(C)C)c(C)c1. The lowest BCUT2D eigenvalue weighted by Crippen LogP contribution is -2.35. The van der Waals surface area contributed by atoms with E-state index in [0.29, 0.717) is 13.1 Å². The van der Waals surface area contributed by atoms with Crippen LogP contribution in [-0.2, 0) is 4.74 Å². The maximum Gasteiger partial charge on any atom is 0.407 e. The molecule has 0 radical (unpaired) electrons. The van der Waals surface area contributed by atoms with Crippen LogP contribution in [0.5, 0.6) is 0 Å². The molecular weight excluding hydrogens is 240 g/mol. The molecule has 0 fully saturated rings. The van der Waals surface area contributed by atoms with Crippen molar-refractivity contribution in [2.45, 2.75) is 40.2 Å². The summed E-state index contributed by atoms with van der Waals surface area (Å²) in [5, 5.41) is 6.00. The molecule has 0 spiro atoms. The van der Waals surface area contributed by atoms with Gasteiger partial charge in [0.2, 0.25) is 0 Å². The summed E-state index contributed by atoms with van der Waals surface area (Å²) in [7, 11) is 0. The molecule has 2 N–H and O–H groups in total. The average molecular weight is 264 g/mol. The monoisotopic (exact) mass is 264 g/mol. The average Bonchev–Trinajstić information content (AvgIpc) is 2.24. The van der Waals surface area contributed by atoms with Gasteiger partial charge in [-0.1, -0.05) is 17.7 Å². The van der Waals surface area contributed by atoms with Gasteiger partial charge in [0.05, 0.1) is 0 Å². The van der Waals surface area contributed by atoms with E-state index in [9.17, 15) is 4.79 Å². The Kier molecular flexibility index (Phi) is 5.21. The Hall–Kier alpha value is -1.71. The molecule has 0 aliphatic heterocycles. The maximum absolute atomic E-state index is 11.4. The van der Waals surface area contributed by atoms with Gasteiger partial charge in [0, 0.05) is 18.8 Å². The van der Waals surface area contributed by atoms with Crippen LogP contribution in [0, 0.1) is 13.8 Å². The van der Waals surface area contributed by atoms with Gasteiger partial charge in [-0.15, -0.1) is 0 Å². The van der Waals surface area contributed by atoms with Crippen molar-refractivity contribution >= 4 is 11.8 Å². The minimum Gasteiger partial charge on any atom is -0.444 e. The van der Waals surface area contributed by atoms with Gasteiger partial charge in [-0.25, -0.2) is 4.79 Å². The molecule has 0 saturated heterocycles. The van der Waals surface area contributed by atoms with E-state index in [1.807, 2.05) is 20.8 Å². The molecule has 1 aromatic rings. The zero-order chi connectivity index (χ0) is 14.5. The lowest BCUT2D eigenvalue weighted by atomic mass is 10.1. The predicted octanol–water partition coefficient (Wildman–Crippen LogP) is 3.24. The van der Waals surface area contributed by atoms with Crippen molar-refractivity contribution in [3.8, 4) is 0 Å². The second-order valence-electron chi connectivity index (χ2n) is 5.67. The Bertz CT molecular complexity index is 436. The van der Waals surface area contributed by atoms with Crippen molar-refractivity contribution in [1.29, 1.82) is 0 Å². The van der Waals surface area contributed by atoms with Crippen molar-refractivity contribution in [2.75, 3.05) is 18.4 Å². The van der Waals surface area contributed by atoms with E-state index in [-0.39, 0.29) is 6.09 Å². The Morgan fingerprint density at radius 1 is 1.21 bits per heavy atom. The number of carbonyl (C=O) groups excluding carboxylic acids is 1. The Morgan fingerprint density at radius 2 is 1.89 bits per heavy atom. The number of benzene rings is 1. The number of ether oxygens (including phenoxy) is 1. The fourth-order valence-electron chi connectivity index (χ4n) is 1.69. The van der Waals surface area contributed by atoms with Crippen molar-refractivity contribution in [2.24, 2.45) is 0 Å². The highest BCUT2D eigenvalue weighted by Crippen LogP contribution is 2.15. The summed E-state index contributed by atoms with van der Waals surface area (Å²) >= 11 is 0. The second-order valence-corrected chi connectivity index (χ2v) is 5.67. The van der Waals surface area contributed by atoms with Crippen LogP contribution in [0.4, 0.5) is 10.5 Å². The standard InChI is InChI=1S/C15H24N2O2/c1-11-6-7-13(12(2)10-11)16-8-9-17-14(18)19-15(3,4)5/h6-7,10,16H,8-9H2,1-5H3,(H,17,18). The zero-order valence-electron chi connectivity index (χ0n) is 12.5. The van der Waals surface area contributed by atoms with Crippen LogP contribution in [0.15, 0.2) is 18.2 Å². The normalized spacial score (nSPS) is 11.0. The van der Waals surface area contributed by atoms with Gasteiger partial charge < -0.3 is 15.4 Å². The van der Waals surface area contributed by atoms with E-state index < -0.39 is 5.60 Å². The van der Waals surface area contributed by atoms with Gasteiger partial charge >= 0.3 is 6.09 Å². The number of alkyl carbamates (subject to hydrolysis) is 1. The Morgan fingerprint density at radius 3 is 2.47 bits per heavy atom. The van der Waals surface area contributed by atoms with Crippen LogP contribution in [0.3, 0.4) is 0 Å². The summed E-state index contributed by atoms with van der Waals surface area (Å²) in [5.74, 6) is 0. The molecule has 4 nitrogen and oxygen atoms in total.